The van der Waals surface area contributed by atoms with Crippen LogP contribution in [-0.4, -0.2) is 42.1 Å². The van der Waals surface area contributed by atoms with Crippen molar-refractivity contribution in [1.29, 1.82) is 0 Å². The third-order valence-electron chi connectivity index (χ3n) is 5.28. The molecule has 1 aromatic heterocycles. The van der Waals surface area contributed by atoms with Gasteiger partial charge in [0, 0.05) is 18.8 Å². The molecule has 1 amide bonds. The standard InChI is InChI=1S/C24H24N2O3/c1-16-7-6-8-20(17(16)2)21-12-11-18(13-25-21)24(27)26(3)14-19-15-28-22-9-4-5-10-23(22)29-19/h4-13,19H,14-15H2,1-3H3. The second-order valence-electron chi connectivity index (χ2n) is 7.36. The van der Waals surface area contributed by atoms with E-state index in [1.807, 2.05) is 42.5 Å². The van der Waals surface area contributed by atoms with Gasteiger partial charge in [0.2, 0.25) is 0 Å². The van der Waals surface area contributed by atoms with E-state index in [9.17, 15) is 4.79 Å². The Morgan fingerprint density at radius 3 is 2.62 bits per heavy atom. The maximum atomic E-state index is 12.8. The van der Waals surface area contributed by atoms with Gasteiger partial charge in [-0.25, -0.2) is 0 Å². The van der Waals surface area contributed by atoms with Gasteiger partial charge in [0.05, 0.1) is 17.8 Å². The number of pyridine rings is 1. The number of fused-ring (bicyclic) bond motifs is 1. The van der Waals surface area contributed by atoms with Crippen LogP contribution in [0.15, 0.2) is 60.8 Å². The lowest BCUT2D eigenvalue weighted by Gasteiger charge is -2.29. The summed E-state index contributed by atoms with van der Waals surface area (Å²) in [6, 6.07) is 17.5. The predicted molar refractivity (Wildman–Crippen MR) is 112 cm³/mol. The number of para-hydroxylation sites is 2. The van der Waals surface area contributed by atoms with Crippen molar-refractivity contribution < 1.29 is 14.3 Å². The molecule has 0 spiro atoms. The zero-order valence-electron chi connectivity index (χ0n) is 16.9. The van der Waals surface area contributed by atoms with E-state index in [-0.39, 0.29) is 12.0 Å². The highest BCUT2D eigenvalue weighted by atomic mass is 16.6. The molecule has 2 aromatic carbocycles. The van der Waals surface area contributed by atoms with Gasteiger partial charge in [-0.1, -0.05) is 30.3 Å². The van der Waals surface area contributed by atoms with E-state index >= 15 is 0 Å². The van der Waals surface area contributed by atoms with Crippen molar-refractivity contribution in [1.82, 2.24) is 9.88 Å². The second-order valence-corrected chi connectivity index (χ2v) is 7.36. The molecule has 0 saturated heterocycles. The minimum Gasteiger partial charge on any atom is -0.486 e. The number of hydrogen-bond donors (Lipinski definition) is 0. The summed E-state index contributed by atoms with van der Waals surface area (Å²) in [5.74, 6) is 1.36. The van der Waals surface area contributed by atoms with E-state index < -0.39 is 0 Å². The van der Waals surface area contributed by atoms with Gasteiger partial charge in [-0.3, -0.25) is 9.78 Å². The number of aryl methyl sites for hydroxylation is 1. The van der Waals surface area contributed by atoms with Crippen LogP contribution in [0.25, 0.3) is 11.3 Å². The molecule has 0 radical (unpaired) electrons. The summed E-state index contributed by atoms with van der Waals surface area (Å²) in [7, 11) is 1.77. The van der Waals surface area contributed by atoms with Crippen LogP contribution in [0.4, 0.5) is 0 Å². The van der Waals surface area contributed by atoms with Crippen molar-refractivity contribution >= 4 is 5.91 Å². The van der Waals surface area contributed by atoms with E-state index in [1.165, 1.54) is 11.1 Å². The number of benzene rings is 2. The predicted octanol–water partition coefficient (Wildman–Crippen LogP) is 4.28. The van der Waals surface area contributed by atoms with Gasteiger partial charge in [0.1, 0.15) is 6.61 Å². The van der Waals surface area contributed by atoms with Gasteiger partial charge in [-0.05, 0) is 49.2 Å². The summed E-state index contributed by atoms with van der Waals surface area (Å²) in [5.41, 5.74) is 4.93. The minimum atomic E-state index is -0.207. The highest BCUT2D eigenvalue weighted by Gasteiger charge is 2.24. The molecular weight excluding hydrogens is 364 g/mol. The van der Waals surface area contributed by atoms with Crippen LogP contribution in [0.5, 0.6) is 11.5 Å². The molecule has 148 valence electrons. The van der Waals surface area contributed by atoms with Crippen LogP contribution in [0.2, 0.25) is 0 Å². The van der Waals surface area contributed by atoms with Gasteiger partial charge < -0.3 is 14.4 Å². The lowest BCUT2D eigenvalue weighted by Crippen LogP contribution is -2.41. The molecule has 5 heteroatoms. The molecule has 1 aliphatic rings. The first-order valence-electron chi connectivity index (χ1n) is 9.69. The van der Waals surface area contributed by atoms with Gasteiger partial charge >= 0.3 is 0 Å². The number of ether oxygens (including phenoxy) is 2. The SMILES string of the molecule is Cc1cccc(-c2ccc(C(=O)N(C)CC3COc4ccccc4O3)cn2)c1C. The monoisotopic (exact) mass is 388 g/mol. The van der Waals surface area contributed by atoms with Crippen LogP contribution in [0.3, 0.4) is 0 Å². The normalized spacial score (nSPS) is 15.1. The molecule has 0 saturated carbocycles. The molecular formula is C24H24N2O3. The second kappa shape index (κ2) is 7.95. The summed E-state index contributed by atoms with van der Waals surface area (Å²) in [5, 5.41) is 0. The molecule has 1 aliphatic heterocycles. The molecule has 0 fully saturated rings. The van der Waals surface area contributed by atoms with Crippen molar-refractivity contribution in [3.63, 3.8) is 0 Å². The van der Waals surface area contributed by atoms with E-state index in [4.69, 9.17) is 9.47 Å². The summed E-state index contributed by atoms with van der Waals surface area (Å²) in [4.78, 5) is 19.0. The number of hydrogen-bond acceptors (Lipinski definition) is 4. The number of likely N-dealkylation sites (N-methyl/N-ethyl adjacent to an activating group) is 1. The Morgan fingerprint density at radius 2 is 1.86 bits per heavy atom. The third-order valence-corrected chi connectivity index (χ3v) is 5.28. The van der Waals surface area contributed by atoms with Crippen molar-refractivity contribution in [2.24, 2.45) is 0 Å². The lowest BCUT2D eigenvalue weighted by atomic mass is 10.0. The van der Waals surface area contributed by atoms with Crippen LogP contribution in [0.1, 0.15) is 21.5 Å². The highest BCUT2D eigenvalue weighted by Crippen LogP contribution is 2.31. The molecule has 29 heavy (non-hydrogen) atoms. The van der Waals surface area contributed by atoms with Crippen LogP contribution < -0.4 is 9.47 Å². The third kappa shape index (κ3) is 3.94. The number of carbonyl (C=O) groups is 1. The molecule has 3 aromatic rings. The Kier molecular flexibility index (Phi) is 5.21. The molecule has 0 aliphatic carbocycles. The number of carbonyl (C=O) groups excluding carboxylic acids is 1. The van der Waals surface area contributed by atoms with Gasteiger partial charge in [-0.2, -0.15) is 0 Å². The highest BCUT2D eigenvalue weighted by molar-refractivity contribution is 5.94. The fraction of sp³-hybridized carbons (Fsp3) is 0.250. The Morgan fingerprint density at radius 1 is 1.07 bits per heavy atom. The molecule has 1 unspecified atom stereocenters. The van der Waals surface area contributed by atoms with E-state index in [1.54, 1.807) is 18.1 Å². The smallest absolute Gasteiger partial charge is 0.255 e. The van der Waals surface area contributed by atoms with Gasteiger partial charge in [0.25, 0.3) is 5.91 Å². The average Bonchev–Trinajstić information content (AvgIpc) is 2.75. The van der Waals surface area contributed by atoms with Crippen LogP contribution >= 0.6 is 0 Å². The van der Waals surface area contributed by atoms with Crippen molar-refractivity contribution in [2.75, 3.05) is 20.2 Å². The zero-order chi connectivity index (χ0) is 20.4. The molecule has 1 atom stereocenters. The van der Waals surface area contributed by atoms with Crippen molar-refractivity contribution in [3.8, 4) is 22.8 Å². The lowest BCUT2D eigenvalue weighted by molar-refractivity contribution is 0.0520. The van der Waals surface area contributed by atoms with Crippen molar-refractivity contribution in [2.45, 2.75) is 20.0 Å². The Balaban J connectivity index is 1.43. The van der Waals surface area contributed by atoms with Crippen LogP contribution in [0, 0.1) is 13.8 Å². The summed E-state index contributed by atoms with van der Waals surface area (Å²) in [6.07, 6.45) is 1.43. The van der Waals surface area contributed by atoms with Gasteiger partial charge in [-0.15, -0.1) is 0 Å². The Bertz CT molecular complexity index is 1030. The van der Waals surface area contributed by atoms with Gasteiger partial charge in [0.15, 0.2) is 17.6 Å². The van der Waals surface area contributed by atoms with E-state index in [2.05, 4.69) is 31.0 Å². The number of amides is 1. The largest absolute Gasteiger partial charge is 0.486 e. The van der Waals surface area contributed by atoms with E-state index in [0.29, 0.717) is 24.5 Å². The maximum Gasteiger partial charge on any atom is 0.255 e. The first-order valence-corrected chi connectivity index (χ1v) is 9.69. The molecule has 2 heterocycles. The summed E-state index contributed by atoms with van der Waals surface area (Å²) >= 11 is 0. The maximum absolute atomic E-state index is 12.8. The molecule has 4 rings (SSSR count). The zero-order valence-corrected chi connectivity index (χ0v) is 16.9. The fourth-order valence-corrected chi connectivity index (χ4v) is 3.47. The number of rotatable bonds is 4. The first-order chi connectivity index (χ1) is 14.0. The number of aromatic nitrogens is 1. The van der Waals surface area contributed by atoms with E-state index in [0.717, 1.165) is 17.0 Å². The molecule has 0 N–H and O–H groups in total. The fourth-order valence-electron chi connectivity index (χ4n) is 3.47. The first kappa shape index (κ1) is 19.0. The van der Waals surface area contributed by atoms with Crippen molar-refractivity contribution in [3.05, 3.63) is 77.5 Å². The number of nitrogens with zero attached hydrogens (tertiary/aromatic N) is 2. The Labute approximate surface area is 170 Å². The molecule has 5 nitrogen and oxygen atoms in total. The average molecular weight is 388 g/mol. The summed E-state index contributed by atoms with van der Waals surface area (Å²) < 4.78 is 11.7. The summed E-state index contributed by atoms with van der Waals surface area (Å²) in [6.45, 7) is 5.02. The minimum absolute atomic E-state index is 0.0903. The quantitative estimate of drug-likeness (QED) is 0.670. The molecule has 0 bridgehead atoms. The van der Waals surface area contributed by atoms with Crippen LogP contribution in [-0.2, 0) is 0 Å². The Hall–Kier alpha value is -3.34. The topological polar surface area (TPSA) is 51.7 Å².